The Hall–Kier alpha value is -3.62. The molecule has 1 unspecified atom stereocenters. The van der Waals surface area contributed by atoms with Crippen LogP contribution in [0.25, 0.3) is 11.4 Å². The minimum Gasteiger partial charge on any atom is -0.366 e. The van der Waals surface area contributed by atoms with Crippen molar-refractivity contribution in [2.75, 3.05) is 5.32 Å². The van der Waals surface area contributed by atoms with Crippen LogP contribution in [0.15, 0.2) is 84.0 Å². The van der Waals surface area contributed by atoms with Crippen LogP contribution in [0.3, 0.4) is 0 Å². The molecule has 7 nitrogen and oxygen atoms in total. The lowest BCUT2D eigenvalue weighted by molar-refractivity contribution is -0.115. The highest BCUT2D eigenvalue weighted by molar-refractivity contribution is 8.00. The van der Waals surface area contributed by atoms with Gasteiger partial charge in [0.25, 0.3) is 0 Å². The normalized spacial score (nSPS) is 11.7. The summed E-state index contributed by atoms with van der Waals surface area (Å²) in [5, 5.41) is 12.5. The number of rotatable bonds is 8. The van der Waals surface area contributed by atoms with Gasteiger partial charge < -0.3 is 11.1 Å². The van der Waals surface area contributed by atoms with Crippen LogP contribution in [0.4, 0.5) is 5.69 Å². The average molecular weight is 492 g/mol. The van der Waals surface area contributed by atoms with Crippen LogP contribution in [-0.2, 0) is 11.3 Å². The van der Waals surface area contributed by atoms with Gasteiger partial charge in [-0.15, -0.1) is 10.2 Å². The monoisotopic (exact) mass is 491 g/mol. The first kappa shape index (κ1) is 23.5. The molecule has 172 valence electrons. The Kier molecular flexibility index (Phi) is 7.30. The van der Waals surface area contributed by atoms with Crippen molar-refractivity contribution in [2.45, 2.75) is 23.9 Å². The highest BCUT2D eigenvalue weighted by Gasteiger charge is 2.21. The fourth-order valence-corrected chi connectivity index (χ4v) is 4.24. The second kappa shape index (κ2) is 10.5. The number of halogens is 1. The molecule has 0 radical (unpaired) electrons. The molecule has 0 saturated heterocycles. The van der Waals surface area contributed by atoms with Crippen LogP contribution < -0.4 is 11.1 Å². The van der Waals surface area contributed by atoms with E-state index < -0.39 is 11.2 Å². The molecular formula is C25H22ClN5O2S. The fraction of sp³-hybridized carbons (Fsp3) is 0.120. The number of nitrogens with one attached hydrogen (secondary N) is 1. The molecule has 0 aliphatic rings. The first-order chi connectivity index (χ1) is 16.4. The van der Waals surface area contributed by atoms with Crippen molar-refractivity contribution in [2.24, 2.45) is 5.73 Å². The molecule has 1 aromatic heterocycles. The number of aromatic nitrogens is 3. The molecule has 34 heavy (non-hydrogen) atoms. The largest absolute Gasteiger partial charge is 0.366 e. The number of anilines is 1. The molecule has 4 aromatic rings. The van der Waals surface area contributed by atoms with Crippen LogP contribution in [0.5, 0.6) is 0 Å². The Morgan fingerprint density at radius 2 is 1.68 bits per heavy atom. The fourth-order valence-electron chi connectivity index (χ4n) is 3.27. The van der Waals surface area contributed by atoms with Gasteiger partial charge in [-0.1, -0.05) is 53.7 Å². The SMILES string of the molecule is CC(Sc1nnc(-c2ccc(Cl)cc2)n1Cc1ccccc1)C(=O)Nc1ccc(C(N)=O)cc1. The van der Waals surface area contributed by atoms with Gasteiger partial charge in [0.1, 0.15) is 0 Å². The predicted octanol–water partition coefficient (Wildman–Crippen LogP) is 4.87. The van der Waals surface area contributed by atoms with E-state index in [1.54, 1.807) is 31.2 Å². The molecule has 4 rings (SSSR count). The molecule has 0 saturated carbocycles. The molecular weight excluding hydrogens is 470 g/mol. The van der Waals surface area contributed by atoms with E-state index in [0.29, 0.717) is 33.8 Å². The van der Waals surface area contributed by atoms with Gasteiger partial charge in [0.05, 0.1) is 11.8 Å². The third kappa shape index (κ3) is 5.65. The van der Waals surface area contributed by atoms with Gasteiger partial charge in [-0.3, -0.25) is 14.2 Å². The standard InChI is InChI=1S/C25H22ClN5O2S/c1-16(24(33)28-21-13-9-18(10-14-21)22(27)32)34-25-30-29-23(19-7-11-20(26)12-8-19)31(25)15-17-5-3-2-4-6-17/h2-14,16H,15H2,1H3,(H2,27,32)(H,28,33). The molecule has 1 heterocycles. The Morgan fingerprint density at radius 1 is 1.00 bits per heavy atom. The van der Waals surface area contributed by atoms with Gasteiger partial charge in [0.15, 0.2) is 11.0 Å². The minimum atomic E-state index is -0.518. The van der Waals surface area contributed by atoms with Crippen LogP contribution in [0.1, 0.15) is 22.8 Å². The average Bonchev–Trinajstić information content (AvgIpc) is 3.22. The lowest BCUT2D eigenvalue weighted by atomic mass is 10.2. The third-order valence-corrected chi connectivity index (χ3v) is 6.42. The van der Waals surface area contributed by atoms with Crippen LogP contribution in [0, 0.1) is 0 Å². The Labute approximate surface area is 206 Å². The van der Waals surface area contributed by atoms with Gasteiger partial charge in [-0.2, -0.15) is 0 Å². The molecule has 9 heteroatoms. The number of carbonyl (C=O) groups excluding carboxylic acids is 2. The number of benzene rings is 3. The predicted molar refractivity (Wildman–Crippen MR) is 135 cm³/mol. The van der Waals surface area contributed by atoms with Crippen molar-refractivity contribution in [1.29, 1.82) is 0 Å². The summed E-state index contributed by atoms with van der Waals surface area (Å²) in [5.41, 5.74) is 8.20. The van der Waals surface area contributed by atoms with Crippen molar-refractivity contribution in [3.05, 3.63) is 95.0 Å². The van der Waals surface area contributed by atoms with Crippen LogP contribution in [0.2, 0.25) is 5.02 Å². The highest BCUT2D eigenvalue weighted by atomic mass is 35.5. The summed E-state index contributed by atoms with van der Waals surface area (Å²) < 4.78 is 1.99. The van der Waals surface area contributed by atoms with E-state index in [2.05, 4.69) is 15.5 Å². The van der Waals surface area contributed by atoms with Crippen molar-refractivity contribution in [1.82, 2.24) is 14.8 Å². The summed E-state index contributed by atoms with van der Waals surface area (Å²) in [4.78, 5) is 24.1. The number of amides is 2. The molecule has 0 fully saturated rings. The molecule has 2 amide bonds. The number of primary amides is 1. The van der Waals surface area contributed by atoms with Crippen molar-refractivity contribution in [3.63, 3.8) is 0 Å². The number of hydrogen-bond acceptors (Lipinski definition) is 5. The zero-order valence-corrected chi connectivity index (χ0v) is 19.9. The van der Waals surface area contributed by atoms with Crippen molar-refractivity contribution >= 4 is 40.9 Å². The van der Waals surface area contributed by atoms with E-state index in [1.807, 2.05) is 59.2 Å². The number of nitrogens with two attached hydrogens (primary N) is 1. The van der Waals surface area contributed by atoms with E-state index in [4.69, 9.17) is 17.3 Å². The summed E-state index contributed by atoms with van der Waals surface area (Å²) in [6.07, 6.45) is 0. The highest BCUT2D eigenvalue weighted by Crippen LogP contribution is 2.29. The summed E-state index contributed by atoms with van der Waals surface area (Å²) >= 11 is 7.37. The van der Waals surface area contributed by atoms with Crippen molar-refractivity contribution < 1.29 is 9.59 Å². The van der Waals surface area contributed by atoms with Crippen LogP contribution >= 0.6 is 23.4 Å². The summed E-state index contributed by atoms with van der Waals surface area (Å²) in [6, 6.07) is 23.8. The number of hydrogen-bond donors (Lipinski definition) is 2. The molecule has 0 aliphatic carbocycles. The summed E-state index contributed by atoms with van der Waals surface area (Å²) in [5.74, 6) is -0.0205. The van der Waals surface area contributed by atoms with E-state index in [-0.39, 0.29) is 5.91 Å². The van der Waals surface area contributed by atoms with Gasteiger partial charge in [0.2, 0.25) is 11.8 Å². The zero-order valence-electron chi connectivity index (χ0n) is 18.3. The van der Waals surface area contributed by atoms with Crippen LogP contribution in [-0.4, -0.2) is 31.8 Å². The van der Waals surface area contributed by atoms with E-state index in [9.17, 15) is 9.59 Å². The van der Waals surface area contributed by atoms with Gasteiger partial charge in [0, 0.05) is 21.8 Å². The van der Waals surface area contributed by atoms with E-state index >= 15 is 0 Å². The smallest absolute Gasteiger partial charge is 0.248 e. The number of thioether (sulfide) groups is 1. The molecule has 3 aromatic carbocycles. The zero-order chi connectivity index (χ0) is 24.1. The van der Waals surface area contributed by atoms with Gasteiger partial charge in [-0.05, 0) is 61.0 Å². The Bertz CT molecular complexity index is 1290. The number of carbonyl (C=O) groups is 2. The Morgan fingerprint density at radius 3 is 2.32 bits per heavy atom. The van der Waals surface area contributed by atoms with E-state index in [1.165, 1.54) is 11.8 Å². The first-order valence-corrected chi connectivity index (χ1v) is 11.8. The quantitative estimate of drug-likeness (QED) is 0.342. The molecule has 3 N–H and O–H groups in total. The lowest BCUT2D eigenvalue weighted by Crippen LogP contribution is -2.23. The van der Waals surface area contributed by atoms with E-state index in [0.717, 1.165) is 11.1 Å². The minimum absolute atomic E-state index is 0.195. The van der Waals surface area contributed by atoms with Gasteiger partial charge >= 0.3 is 0 Å². The second-order valence-electron chi connectivity index (χ2n) is 7.58. The third-order valence-electron chi connectivity index (χ3n) is 5.09. The molecule has 0 bridgehead atoms. The molecule has 0 aliphatic heterocycles. The molecule has 1 atom stereocenters. The van der Waals surface area contributed by atoms with Gasteiger partial charge in [-0.25, -0.2) is 0 Å². The Balaban J connectivity index is 1.55. The number of nitrogens with zero attached hydrogens (tertiary/aromatic N) is 3. The van der Waals surface area contributed by atoms with Crippen molar-refractivity contribution in [3.8, 4) is 11.4 Å². The lowest BCUT2D eigenvalue weighted by Gasteiger charge is -2.14. The maximum Gasteiger partial charge on any atom is 0.248 e. The summed E-state index contributed by atoms with van der Waals surface area (Å²) in [6.45, 7) is 2.36. The summed E-state index contributed by atoms with van der Waals surface area (Å²) in [7, 11) is 0. The molecule has 0 spiro atoms. The topological polar surface area (TPSA) is 103 Å². The first-order valence-electron chi connectivity index (χ1n) is 10.5. The maximum absolute atomic E-state index is 12.8. The maximum atomic E-state index is 12.8. The second-order valence-corrected chi connectivity index (χ2v) is 9.32.